The fourth-order valence-electron chi connectivity index (χ4n) is 2.76. The number of nitrogens with zero attached hydrogens (tertiary/aromatic N) is 4. The van der Waals surface area contributed by atoms with E-state index in [1.54, 1.807) is 12.1 Å². The van der Waals surface area contributed by atoms with E-state index in [9.17, 15) is 10.1 Å². The molecule has 0 aliphatic carbocycles. The Morgan fingerprint density at radius 1 is 1.15 bits per heavy atom. The number of benzene rings is 1. The summed E-state index contributed by atoms with van der Waals surface area (Å²) in [5.74, 6) is 0.390. The van der Waals surface area contributed by atoms with Crippen LogP contribution < -0.4 is 10.6 Å². The quantitative estimate of drug-likeness (QED) is 0.521. The molecule has 2 heterocycles. The molecule has 1 fully saturated rings. The minimum atomic E-state index is -0.471. The first-order chi connectivity index (χ1) is 13.1. The van der Waals surface area contributed by atoms with Crippen LogP contribution in [0.4, 0.5) is 17.3 Å². The number of ether oxygens (including phenoxy) is 1. The zero-order valence-corrected chi connectivity index (χ0v) is 15.5. The normalized spacial score (nSPS) is 14.7. The smallest absolute Gasteiger partial charge is 0.353 e. The Kier molecular flexibility index (Phi) is 6.74. The van der Waals surface area contributed by atoms with E-state index in [1.807, 2.05) is 12.1 Å². The molecule has 1 aliphatic rings. The summed E-state index contributed by atoms with van der Waals surface area (Å²) in [7, 11) is 0. The van der Waals surface area contributed by atoms with Crippen molar-refractivity contribution >= 4 is 28.9 Å². The topological polar surface area (TPSA) is 105 Å². The van der Waals surface area contributed by atoms with Gasteiger partial charge >= 0.3 is 5.69 Å². The van der Waals surface area contributed by atoms with Gasteiger partial charge in [-0.05, 0) is 17.7 Å². The molecule has 1 saturated heterocycles. The van der Waals surface area contributed by atoms with Crippen molar-refractivity contribution in [3.8, 4) is 0 Å². The lowest BCUT2D eigenvalue weighted by atomic mass is 10.2. The van der Waals surface area contributed by atoms with Crippen LogP contribution in [0.1, 0.15) is 5.56 Å². The van der Waals surface area contributed by atoms with Crippen molar-refractivity contribution < 1.29 is 9.66 Å². The average Bonchev–Trinajstić information content (AvgIpc) is 2.68. The number of halogens is 1. The van der Waals surface area contributed by atoms with E-state index in [0.717, 1.165) is 25.2 Å². The molecular formula is C17H21ClN6O3. The fourth-order valence-corrected chi connectivity index (χ4v) is 2.88. The van der Waals surface area contributed by atoms with Crippen molar-refractivity contribution in [2.45, 2.75) is 6.54 Å². The minimum absolute atomic E-state index is 0.159. The van der Waals surface area contributed by atoms with E-state index >= 15 is 0 Å². The zero-order valence-electron chi connectivity index (χ0n) is 14.7. The van der Waals surface area contributed by atoms with Gasteiger partial charge in [0.05, 0.1) is 18.1 Å². The van der Waals surface area contributed by atoms with Gasteiger partial charge in [-0.2, -0.15) is 0 Å². The van der Waals surface area contributed by atoms with Crippen LogP contribution >= 0.6 is 11.6 Å². The maximum atomic E-state index is 11.6. The summed E-state index contributed by atoms with van der Waals surface area (Å²) in [4.78, 5) is 21.4. The second-order valence-electron chi connectivity index (χ2n) is 6.04. The molecular weight excluding hydrogens is 372 g/mol. The van der Waals surface area contributed by atoms with Gasteiger partial charge in [0.15, 0.2) is 0 Å². The van der Waals surface area contributed by atoms with E-state index in [1.165, 1.54) is 6.33 Å². The highest BCUT2D eigenvalue weighted by molar-refractivity contribution is 6.30. The van der Waals surface area contributed by atoms with Crippen LogP contribution in [0.5, 0.6) is 0 Å². The molecule has 0 bridgehead atoms. The third kappa shape index (κ3) is 5.49. The Balaban J connectivity index is 1.64. The molecule has 0 amide bonds. The number of aromatic nitrogens is 2. The van der Waals surface area contributed by atoms with E-state index < -0.39 is 4.92 Å². The van der Waals surface area contributed by atoms with E-state index in [2.05, 4.69) is 25.5 Å². The molecule has 10 heteroatoms. The molecule has 0 saturated carbocycles. The van der Waals surface area contributed by atoms with Crippen molar-refractivity contribution in [2.75, 3.05) is 50.0 Å². The third-order valence-corrected chi connectivity index (χ3v) is 4.45. The standard InChI is InChI=1S/C17H21ClN6O3/c18-14-3-1-13(2-4-14)11-20-17-15(24(25)26)16(21-12-22-17)19-5-6-23-7-9-27-10-8-23/h1-4,12H,5-11H2,(H2,19,20,21,22). The zero-order chi connectivity index (χ0) is 19.1. The lowest BCUT2D eigenvalue weighted by Gasteiger charge is -2.26. The number of anilines is 2. The van der Waals surface area contributed by atoms with Crippen LogP contribution in [-0.2, 0) is 11.3 Å². The van der Waals surface area contributed by atoms with Crippen molar-refractivity contribution in [1.29, 1.82) is 0 Å². The van der Waals surface area contributed by atoms with Gasteiger partial charge in [-0.3, -0.25) is 15.0 Å². The van der Waals surface area contributed by atoms with Crippen molar-refractivity contribution in [3.05, 3.63) is 51.3 Å². The molecule has 2 N–H and O–H groups in total. The summed E-state index contributed by atoms with van der Waals surface area (Å²) in [5, 5.41) is 18.3. The third-order valence-electron chi connectivity index (χ3n) is 4.20. The van der Waals surface area contributed by atoms with Gasteiger partial charge < -0.3 is 15.4 Å². The van der Waals surface area contributed by atoms with Gasteiger partial charge in [-0.1, -0.05) is 23.7 Å². The Morgan fingerprint density at radius 2 is 1.81 bits per heavy atom. The molecule has 3 rings (SSSR count). The molecule has 2 aromatic rings. The molecule has 0 spiro atoms. The Labute approximate surface area is 161 Å². The summed E-state index contributed by atoms with van der Waals surface area (Å²) < 4.78 is 5.31. The average molecular weight is 393 g/mol. The number of hydrogen-bond donors (Lipinski definition) is 2. The first kappa shape index (κ1) is 19.3. The monoisotopic (exact) mass is 392 g/mol. The summed E-state index contributed by atoms with van der Waals surface area (Å²) in [5.41, 5.74) is 0.780. The van der Waals surface area contributed by atoms with Gasteiger partial charge in [0.2, 0.25) is 11.6 Å². The maximum Gasteiger partial charge on any atom is 0.353 e. The number of nitro groups is 1. The van der Waals surface area contributed by atoms with Gasteiger partial charge in [0.25, 0.3) is 0 Å². The van der Waals surface area contributed by atoms with Crippen LogP contribution in [0.2, 0.25) is 5.02 Å². The molecule has 1 aromatic heterocycles. The highest BCUT2D eigenvalue weighted by Crippen LogP contribution is 2.29. The summed E-state index contributed by atoms with van der Waals surface area (Å²) >= 11 is 5.87. The predicted molar refractivity (Wildman–Crippen MR) is 103 cm³/mol. The largest absolute Gasteiger partial charge is 0.379 e. The summed E-state index contributed by atoms with van der Waals surface area (Å²) in [6, 6.07) is 7.24. The first-order valence-electron chi connectivity index (χ1n) is 8.65. The predicted octanol–water partition coefficient (Wildman–Crippen LogP) is 2.39. The molecule has 9 nitrogen and oxygen atoms in total. The van der Waals surface area contributed by atoms with Crippen molar-refractivity contribution in [2.24, 2.45) is 0 Å². The summed E-state index contributed by atoms with van der Waals surface area (Å²) in [6.45, 7) is 4.86. The van der Waals surface area contributed by atoms with Gasteiger partial charge in [-0.25, -0.2) is 9.97 Å². The Hall–Kier alpha value is -2.49. The van der Waals surface area contributed by atoms with Crippen molar-refractivity contribution in [3.63, 3.8) is 0 Å². The maximum absolute atomic E-state index is 11.6. The lowest BCUT2D eigenvalue weighted by molar-refractivity contribution is -0.383. The molecule has 0 unspecified atom stereocenters. The fraction of sp³-hybridized carbons (Fsp3) is 0.412. The Bertz CT molecular complexity index is 768. The van der Waals surface area contributed by atoms with Crippen LogP contribution in [-0.4, -0.2) is 59.2 Å². The SMILES string of the molecule is O=[N+]([O-])c1c(NCCN2CCOCC2)ncnc1NCc1ccc(Cl)cc1. The van der Waals surface area contributed by atoms with Crippen LogP contribution in [0.15, 0.2) is 30.6 Å². The van der Waals surface area contributed by atoms with Gasteiger partial charge in [0.1, 0.15) is 6.33 Å². The number of hydrogen-bond acceptors (Lipinski definition) is 8. The molecule has 144 valence electrons. The second kappa shape index (κ2) is 9.45. The lowest BCUT2D eigenvalue weighted by Crippen LogP contribution is -2.39. The number of rotatable bonds is 8. The number of nitrogens with one attached hydrogen (secondary N) is 2. The van der Waals surface area contributed by atoms with Crippen LogP contribution in [0.25, 0.3) is 0 Å². The molecule has 0 radical (unpaired) electrons. The van der Waals surface area contributed by atoms with E-state index in [4.69, 9.17) is 16.3 Å². The summed E-state index contributed by atoms with van der Waals surface area (Å²) in [6.07, 6.45) is 1.31. The minimum Gasteiger partial charge on any atom is -0.379 e. The van der Waals surface area contributed by atoms with Crippen molar-refractivity contribution in [1.82, 2.24) is 14.9 Å². The Morgan fingerprint density at radius 3 is 2.48 bits per heavy atom. The molecule has 27 heavy (non-hydrogen) atoms. The van der Waals surface area contributed by atoms with Gasteiger partial charge in [0, 0.05) is 37.7 Å². The van der Waals surface area contributed by atoms with Gasteiger partial charge in [-0.15, -0.1) is 0 Å². The number of morpholine rings is 1. The molecule has 1 aromatic carbocycles. The van der Waals surface area contributed by atoms with Crippen LogP contribution in [0, 0.1) is 10.1 Å². The van der Waals surface area contributed by atoms with E-state index in [0.29, 0.717) is 31.3 Å². The van der Waals surface area contributed by atoms with Crippen LogP contribution in [0.3, 0.4) is 0 Å². The highest BCUT2D eigenvalue weighted by atomic mass is 35.5. The molecule has 0 atom stereocenters. The molecule has 1 aliphatic heterocycles. The highest BCUT2D eigenvalue weighted by Gasteiger charge is 2.23. The second-order valence-corrected chi connectivity index (χ2v) is 6.47. The van der Waals surface area contributed by atoms with E-state index in [-0.39, 0.29) is 17.3 Å². The first-order valence-corrected chi connectivity index (χ1v) is 9.03.